The second kappa shape index (κ2) is 11.5. The van der Waals surface area contributed by atoms with Gasteiger partial charge in [0.25, 0.3) is 5.91 Å². The van der Waals surface area contributed by atoms with Crippen molar-refractivity contribution in [3.8, 4) is 0 Å². The second-order valence-corrected chi connectivity index (χ2v) is 11.2. The molecule has 1 amide bonds. The van der Waals surface area contributed by atoms with E-state index in [1.807, 2.05) is 12.1 Å². The van der Waals surface area contributed by atoms with Gasteiger partial charge in [0, 0.05) is 49.5 Å². The largest absolute Gasteiger partial charge is 0.379 e. The number of aromatic nitrogens is 4. The van der Waals surface area contributed by atoms with Crippen LogP contribution >= 0.6 is 0 Å². The van der Waals surface area contributed by atoms with Crippen molar-refractivity contribution in [3.05, 3.63) is 56.7 Å². The van der Waals surface area contributed by atoms with Crippen LogP contribution in [0.5, 0.6) is 0 Å². The SMILES string of the molecule is Cn1c(=O)c(=O)n(C2CCCC2)c2nc(Nc3ccc(C(=O)NC4CCC(N5CCOCC5)CC4)cc3)ncc21. The van der Waals surface area contributed by atoms with Gasteiger partial charge in [-0.3, -0.25) is 23.9 Å². The average molecular weight is 548 g/mol. The fraction of sp³-hybridized carbons (Fsp3) is 0.552. The quantitative estimate of drug-likeness (QED) is 0.452. The number of carbonyl (C=O) groups excluding carboxylic acids is 1. The highest BCUT2D eigenvalue weighted by atomic mass is 16.5. The molecule has 2 N–H and O–H groups in total. The minimum atomic E-state index is -0.567. The predicted molar refractivity (Wildman–Crippen MR) is 152 cm³/mol. The summed E-state index contributed by atoms with van der Waals surface area (Å²) in [6, 6.07) is 7.98. The number of aryl methyl sites for hydroxylation is 1. The van der Waals surface area contributed by atoms with Crippen LogP contribution in [0.15, 0.2) is 40.1 Å². The lowest BCUT2D eigenvalue weighted by Crippen LogP contribution is -2.47. The van der Waals surface area contributed by atoms with Crippen molar-refractivity contribution in [2.24, 2.45) is 7.05 Å². The molecule has 2 aromatic heterocycles. The van der Waals surface area contributed by atoms with Crippen LogP contribution in [-0.2, 0) is 11.8 Å². The van der Waals surface area contributed by atoms with Crippen molar-refractivity contribution in [2.75, 3.05) is 31.6 Å². The zero-order valence-corrected chi connectivity index (χ0v) is 23.0. The lowest BCUT2D eigenvalue weighted by Gasteiger charge is -2.38. The first kappa shape index (κ1) is 26.6. The molecule has 3 aromatic rings. The van der Waals surface area contributed by atoms with Crippen LogP contribution in [0.4, 0.5) is 11.6 Å². The normalized spacial score (nSPS) is 22.4. The molecule has 0 unspecified atom stereocenters. The Hall–Kier alpha value is -3.57. The zero-order chi connectivity index (χ0) is 27.6. The third kappa shape index (κ3) is 5.40. The molecule has 40 heavy (non-hydrogen) atoms. The summed E-state index contributed by atoms with van der Waals surface area (Å²) >= 11 is 0. The smallest absolute Gasteiger partial charge is 0.318 e. The maximum atomic E-state index is 12.9. The number of anilines is 2. The topological polar surface area (TPSA) is 123 Å². The fourth-order valence-corrected chi connectivity index (χ4v) is 6.42. The summed E-state index contributed by atoms with van der Waals surface area (Å²) in [7, 11) is 1.57. The van der Waals surface area contributed by atoms with E-state index in [9.17, 15) is 14.4 Å². The van der Waals surface area contributed by atoms with E-state index in [1.165, 1.54) is 4.57 Å². The van der Waals surface area contributed by atoms with Crippen molar-refractivity contribution in [3.63, 3.8) is 0 Å². The molecule has 6 rings (SSSR count). The van der Waals surface area contributed by atoms with Crippen LogP contribution in [0.25, 0.3) is 11.2 Å². The molecule has 0 bridgehead atoms. The molecular formula is C29H37N7O4. The highest BCUT2D eigenvalue weighted by molar-refractivity contribution is 5.94. The van der Waals surface area contributed by atoms with Gasteiger partial charge in [-0.25, -0.2) is 4.98 Å². The summed E-state index contributed by atoms with van der Waals surface area (Å²) in [6.07, 6.45) is 9.52. The third-order valence-electron chi connectivity index (χ3n) is 8.73. The third-order valence-corrected chi connectivity index (χ3v) is 8.73. The first-order chi connectivity index (χ1) is 19.5. The van der Waals surface area contributed by atoms with E-state index in [0.717, 1.165) is 83.4 Å². The minimum absolute atomic E-state index is 0.0288. The van der Waals surface area contributed by atoms with Gasteiger partial charge in [0.15, 0.2) is 5.65 Å². The molecule has 0 radical (unpaired) electrons. The number of hydrogen-bond donors (Lipinski definition) is 2. The lowest BCUT2D eigenvalue weighted by atomic mass is 9.89. The van der Waals surface area contributed by atoms with Crippen molar-refractivity contribution in [2.45, 2.75) is 69.5 Å². The maximum Gasteiger partial charge on any atom is 0.318 e. The molecule has 2 aliphatic carbocycles. The van der Waals surface area contributed by atoms with Gasteiger partial charge in [-0.1, -0.05) is 12.8 Å². The molecule has 1 aliphatic heterocycles. The van der Waals surface area contributed by atoms with Gasteiger partial charge in [-0.05, 0) is 62.8 Å². The Bertz CT molecular complexity index is 1480. The zero-order valence-electron chi connectivity index (χ0n) is 23.0. The summed E-state index contributed by atoms with van der Waals surface area (Å²) in [4.78, 5) is 49.9. The fourth-order valence-electron chi connectivity index (χ4n) is 6.42. The minimum Gasteiger partial charge on any atom is -0.379 e. The number of nitrogens with one attached hydrogen (secondary N) is 2. The van der Waals surface area contributed by atoms with Crippen LogP contribution in [-0.4, -0.2) is 68.3 Å². The Morgan fingerprint density at radius 2 is 1.62 bits per heavy atom. The molecule has 0 atom stereocenters. The van der Waals surface area contributed by atoms with Crippen LogP contribution in [0, 0.1) is 0 Å². The first-order valence-corrected chi connectivity index (χ1v) is 14.5. The monoisotopic (exact) mass is 547 g/mol. The molecule has 1 saturated heterocycles. The summed E-state index contributed by atoms with van der Waals surface area (Å²) in [5.74, 6) is 0.261. The predicted octanol–water partition coefficient (Wildman–Crippen LogP) is 2.72. The molecular weight excluding hydrogens is 510 g/mol. The molecule has 3 fully saturated rings. The van der Waals surface area contributed by atoms with Crippen LogP contribution in [0.1, 0.15) is 67.8 Å². The molecule has 11 nitrogen and oxygen atoms in total. The van der Waals surface area contributed by atoms with Crippen molar-refractivity contribution >= 4 is 28.7 Å². The number of carbonyl (C=O) groups is 1. The Morgan fingerprint density at radius 1 is 0.925 bits per heavy atom. The number of ether oxygens (including phenoxy) is 1. The number of nitrogens with zero attached hydrogens (tertiary/aromatic N) is 5. The number of hydrogen-bond acceptors (Lipinski definition) is 8. The van der Waals surface area contributed by atoms with E-state index in [4.69, 9.17) is 4.74 Å². The van der Waals surface area contributed by atoms with Gasteiger partial charge >= 0.3 is 11.1 Å². The summed E-state index contributed by atoms with van der Waals surface area (Å²) in [5, 5.41) is 6.39. The van der Waals surface area contributed by atoms with Crippen molar-refractivity contribution < 1.29 is 9.53 Å². The van der Waals surface area contributed by atoms with E-state index in [1.54, 1.807) is 29.9 Å². The molecule has 3 heterocycles. The number of amides is 1. The molecule has 3 aliphatic rings. The van der Waals surface area contributed by atoms with Gasteiger partial charge in [0.05, 0.1) is 19.4 Å². The molecule has 2 saturated carbocycles. The van der Waals surface area contributed by atoms with Crippen LogP contribution < -0.4 is 21.8 Å². The van der Waals surface area contributed by atoms with E-state index in [0.29, 0.717) is 28.7 Å². The summed E-state index contributed by atoms with van der Waals surface area (Å²) < 4.78 is 8.34. The second-order valence-electron chi connectivity index (χ2n) is 11.2. The Balaban J connectivity index is 1.11. The van der Waals surface area contributed by atoms with Gasteiger partial charge in [0.1, 0.15) is 5.52 Å². The summed E-state index contributed by atoms with van der Waals surface area (Å²) in [5.41, 5.74) is 1.19. The van der Waals surface area contributed by atoms with Crippen LogP contribution in [0.3, 0.4) is 0 Å². The Kier molecular flexibility index (Phi) is 7.66. The summed E-state index contributed by atoms with van der Waals surface area (Å²) in [6.45, 7) is 3.65. The first-order valence-electron chi connectivity index (χ1n) is 14.5. The Morgan fingerprint density at radius 3 is 2.33 bits per heavy atom. The number of morpholine rings is 1. The molecule has 11 heteroatoms. The van der Waals surface area contributed by atoms with E-state index < -0.39 is 11.1 Å². The number of fused-ring (bicyclic) bond motifs is 1. The van der Waals surface area contributed by atoms with E-state index >= 15 is 0 Å². The van der Waals surface area contributed by atoms with Gasteiger partial charge in [-0.15, -0.1) is 0 Å². The molecule has 0 spiro atoms. The average Bonchev–Trinajstić information content (AvgIpc) is 3.52. The lowest BCUT2D eigenvalue weighted by molar-refractivity contribution is 0.00665. The molecule has 1 aromatic carbocycles. The maximum absolute atomic E-state index is 12.9. The molecule has 212 valence electrons. The van der Waals surface area contributed by atoms with Crippen molar-refractivity contribution in [1.82, 2.24) is 29.3 Å². The van der Waals surface area contributed by atoms with Gasteiger partial charge in [-0.2, -0.15) is 4.98 Å². The highest BCUT2D eigenvalue weighted by Gasteiger charge is 2.28. The number of rotatable bonds is 6. The highest BCUT2D eigenvalue weighted by Crippen LogP contribution is 2.30. The van der Waals surface area contributed by atoms with Gasteiger partial charge < -0.3 is 19.9 Å². The van der Waals surface area contributed by atoms with Crippen LogP contribution in [0.2, 0.25) is 0 Å². The standard InChI is InChI=1S/C29H37N7O4/c1-34-24-18-30-29(33-25(24)36(28(39)27(34)38)23-4-2-3-5-23)32-21-8-6-19(7-9-21)26(37)31-20-10-12-22(13-11-20)35-14-16-40-17-15-35/h6-9,18,20,22-23H,2-5,10-17H2,1H3,(H,31,37)(H,30,32,33). The van der Waals surface area contributed by atoms with Gasteiger partial charge in [0.2, 0.25) is 5.95 Å². The number of benzene rings is 1. The van der Waals surface area contributed by atoms with E-state index in [2.05, 4.69) is 25.5 Å². The Labute approximate surface area is 232 Å². The van der Waals surface area contributed by atoms with Crippen molar-refractivity contribution in [1.29, 1.82) is 0 Å². The van der Waals surface area contributed by atoms with E-state index in [-0.39, 0.29) is 18.0 Å².